The van der Waals surface area contributed by atoms with Crippen LogP contribution in [0, 0.1) is 0 Å². The minimum Gasteiger partial charge on any atom is -0.107 e. The van der Waals surface area contributed by atoms with Crippen LogP contribution < -0.4 is 0 Å². The van der Waals surface area contributed by atoms with Crippen molar-refractivity contribution in [3.8, 4) is 0 Å². The molecule has 0 aliphatic heterocycles. The van der Waals surface area contributed by atoms with Crippen LogP contribution in [0.2, 0.25) is 13.1 Å². The Balaban J connectivity index is 2.65. The Labute approximate surface area is 106 Å². The van der Waals surface area contributed by atoms with Crippen molar-refractivity contribution in [2.45, 2.75) is 13.1 Å². The maximum Gasteiger partial charge on any atom is 0.0948 e. The topological polar surface area (TPSA) is 0 Å². The van der Waals surface area contributed by atoms with Gasteiger partial charge in [0.1, 0.15) is 0 Å². The molecule has 88 valence electrons. The van der Waals surface area contributed by atoms with Gasteiger partial charge in [0.05, 0.1) is 8.07 Å². The van der Waals surface area contributed by atoms with E-state index >= 15 is 0 Å². The molecule has 0 aliphatic carbocycles. The lowest BCUT2D eigenvalue weighted by molar-refractivity contribution is 1.62. The Kier molecular flexibility index (Phi) is 4.92. The van der Waals surface area contributed by atoms with Crippen LogP contribution in [0.3, 0.4) is 0 Å². The van der Waals surface area contributed by atoms with Crippen LogP contribution in [0.1, 0.15) is 11.1 Å². The second-order valence-electron chi connectivity index (χ2n) is 4.61. The zero-order valence-electron chi connectivity index (χ0n) is 10.7. The summed E-state index contributed by atoms with van der Waals surface area (Å²) in [5, 5.41) is 0. The molecule has 1 rings (SSSR count). The van der Waals surface area contributed by atoms with E-state index in [4.69, 9.17) is 0 Å². The molecule has 0 amide bonds. The largest absolute Gasteiger partial charge is 0.107 e. The maximum absolute atomic E-state index is 3.87. The molecule has 0 saturated heterocycles. The first kappa shape index (κ1) is 13.5. The summed E-state index contributed by atoms with van der Waals surface area (Å²) < 4.78 is 0. The molecule has 1 heteroatoms. The summed E-state index contributed by atoms with van der Waals surface area (Å²) in [5.74, 6) is 0. The Morgan fingerprint density at radius 1 is 0.941 bits per heavy atom. The van der Waals surface area contributed by atoms with Crippen molar-refractivity contribution in [1.82, 2.24) is 0 Å². The predicted molar refractivity (Wildman–Crippen MR) is 82.4 cm³/mol. The SMILES string of the molecule is C=Cc1ccc(C=CC=C[Si](C)(C)C=C)cc1. The molecule has 0 N–H and O–H groups in total. The number of benzene rings is 1. The van der Waals surface area contributed by atoms with Gasteiger partial charge in [0.2, 0.25) is 0 Å². The molecule has 17 heavy (non-hydrogen) atoms. The molecular formula is C16H20Si. The summed E-state index contributed by atoms with van der Waals surface area (Å²) in [5.41, 5.74) is 6.71. The lowest BCUT2D eigenvalue weighted by Crippen LogP contribution is -2.17. The zero-order chi connectivity index (χ0) is 12.7. The third-order valence-electron chi connectivity index (χ3n) is 2.62. The van der Waals surface area contributed by atoms with Gasteiger partial charge in [0.25, 0.3) is 0 Å². The summed E-state index contributed by atoms with van der Waals surface area (Å²) in [6.07, 6.45) is 8.17. The van der Waals surface area contributed by atoms with Crippen LogP contribution in [0.25, 0.3) is 12.2 Å². The molecule has 1 aromatic rings. The van der Waals surface area contributed by atoms with Crippen molar-refractivity contribution in [1.29, 1.82) is 0 Å². The first-order valence-corrected chi connectivity index (χ1v) is 8.95. The van der Waals surface area contributed by atoms with Gasteiger partial charge in [-0.05, 0) is 11.1 Å². The van der Waals surface area contributed by atoms with E-state index in [0.717, 1.165) is 5.56 Å². The quantitative estimate of drug-likeness (QED) is 0.509. The Hall–Kier alpha value is -1.60. The van der Waals surface area contributed by atoms with Crippen LogP contribution in [0.15, 0.2) is 61.0 Å². The summed E-state index contributed by atoms with van der Waals surface area (Å²) >= 11 is 0. The van der Waals surface area contributed by atoms with Gasteiger partial charge >= 0.3 is 0 Å². The van der Waals surface area contributed by atoms with Crippen LogP contribution in [-0.2, 0) is 0 Å². The summed E-state index contributed by atoms with van der Waals surface area (Å²) in [7, 11) is -1.31. The summed E-state index contributed by atoms with van der Waals surface area (Å²) in [6, 6.07) is 8.33. The molecule has 0 nitrogen and oxygen atoms in total. The predicted octanol–water partition coefficient (Wildman–Crippen LogP) is 4.87. The Morgan fingerprint density at radius 2 is 1.53 bits per heavy atom. The fraction of sp³-hybridized carbons (Fsp3) is 0.125. The van der Waals surface area contributed by atoms with E-state index in [0.29, 0.717) is 0 Å². The van der Waals surface area contributed by atoms with Crippen LogP contribution >= 0.6 is 0 Å². The molecule has 0 radical (unpaired) electrons. The highest BCUT2D eigenvalue weighted by atomic mass is 28.3. The standard InChI is InChI=1S/C16H20Si/c1-5-15-10-12-16(13-11-15)9-7-8-14-17(3,4)6-2/h5-14H,1-2H2,3-4H3. The van der Waals surface area contributed by atoms with Crippen LogP contribution in [0.5, 0.6) is 0 Å². The fourth-order valence-electron chi connectivity index (χ4n) is 1.28. The van der Waals surface area contributed by atoms with Gasteiger partial charge in [-0.15, -0.1) is 6.58 Å². The van der Waals surface area contributed by atoms with E-state index in [1.807, 2.05) is 6.08 Å². The third-order valence-corrected chi connectivity index (χ3v) is 4.73. The molecule has 0 bridgehead atoms. The third kappa shape index (κ3) is 4.83. The second-order valence-corrected chi connectivity index (χ2v) is 9.00. The lowest BCUT2D eigenvalue weighted by atomic mass is 10.1. The normalized spacial score (nSPS) is 12.1. The zero-order valence-corrected chi connectivity index (χ0v) is 11.7. The molecule has 0 saturated carbocycles. The minimum atomic E-state index is -1.31. The average Bonchev–Trinajstić information content (AvgIpc) is 2.35. The molecule has 0 spiro atoms. The average molecular weight is 240 g/mol. The molecule has 0 aliphatic rings. The van der Waals surface area contributed by atoms with Gasteiger partial charge in [-0.25, -0.2) is 0 Å². The highest BCUT2D eigenvalue weighted by Crippen LogP contribution is 2.08. The minimum absolute atomic E-state index is 1.15. The van der Waals surface area contributed by atoms with E-state index < -0.39 is 8.07 Å². The highest BCUT2D eigenvalue weighted by molar-refractivity contribution is 6.86. The molecule has 0 atom stereocenters. The molecule has 0 heterocycles. The fourth-order valence-corrected chi connectivity index (χ4v) is 2.02. The molecule has 1 aromatic carbocycles. The first-order chi connectivity index (χ1) is 8.07. The van der Waals surface area contributed by atoms with Crippen molar-refractivity contribution >= 4 is 20.2 Å². The van der Waals surface area contributed by atoms with Gasteiger partial charge in [0.15, 0.2) is 0 Å². The molecule has 0 unspecified atom stereocenters. The van der Waals surface area contributed by atoms with Crippen molar-refractivity contribution in [3.63, 3.8) is 0 Å². The van der Waals surface area contributed by atoms with Crippen LogP contribution in [0.4, 0.5) is 0 Å². The van der Waals surface area contributed by atoms with E-state index in [-0.39, 0.29) is 0 Å². The lowest BCUT2D eigenvalue weighted by Gasteiger charge is -2.08. The van der Waals surface area contributed by atoms with E-state index in [1.165, 1.54) is 5.56 Å². The monoisotopic (exact) mass is 240 g/mol. The summed E-state index contributed by atoms with van der Waals surface area (Å²) in [6.45, 7) is 12.1. The molecular weight excluding hydrogens is 220 g/mol. The van der Waals surface area contributed by atoms with Gasteiger partial charge in [-0.2, -0.15) is 0 Å². The van der Waals surface area contributed by atoms with Gasteiger partial charge in [0, 0.05) is 0 Å². The van der Waals surface area contributed by atoms with Crippen molar-refractivity contribution < 1.29 is 0 Å². The second kappa shape index (κ2) is 6.21. The number of allylic oxidation sites excluding steroid dienone is 2. The van der Waals surface area contributed by atoms with Gasteiger partial charge < -0.3 is 0 Å². The first-order valence-electron chi connectivity index (χ1n) is 5.79. The van der Waals surface area contributed by atoms with Gasteiger partial charge in [-0.3, -0.25) is 0 Å². The molecule has 0 aromatic heterocycles. The van der Waals surface area contributed by atoms with Gasteiger partial charge in [-0.1, -0.05) is 79.6 Å². The van der Waals surface area contributed by atoms with Crippen molar-refractivity contribution in [2.75, 3.05) is 0 Å². The Morgan fingerprint density at radius 3 is 2.06 bits per heavy atom. The van der Waals surface area contributed by atoms with E-state index in [1.54, 1.807) is 0 Å². The highest BCUT2D eigenvalue weighted by Gasteiger charge is 2.08. The number of hydrogen-bond acceptors (Lipinski definition) is 0. The maximum atomic E-state index is 3.87. The van der Waals surface area contributed by atoms with Crippen molar-refractivity contribution in [2.24, 2.45) is 0 Å². The van der Waals surface area contributed by atoms with Crippen molar-refractivity contribution in [3.05, 3.63) is 72.1 Å². The number of rotatable bonds is 5. The molecule has 0 fully saturated rings. The van der Waals surface area contributed by atoms with E-state index in [9.17, 15) is 0 Å². The van der Waals surface area contributed by atoms with Crippen LogP contribution in [-0.4, -0.2) is 8.07 Å². The van der Waals surface area contributed by atoms with E-state index in [2.05, 4.69) is 80.1 Å². The number of hydrogen-bond donors (Lipinski definition) is 0. The Bertz CT molecular complexity index is 433. The summed E-state index contributed by atoms with van der Waals surface area (Å²) in [4.78, 5) is 0. The smallest absolute Gasteiger partial charge is 0.0948 e.